The summed E-state index contributed by atoms with van der Waals surface area (Å²) in [5.74, 6) is 0.0359. The van der Waals surface area contributed by atoms with Crippen molar-refractivity contribution in [1.82, 2.24) is 10.5 Å². The number of benzene rings is 1. The summed E-state index contributed by atoms with van der Waals surface area (Å²) in [6, 6.07) is 5.97. The maximum atomic E-state index is 13.3. The van der Waals surface area contributed by atoms with Crippen molar-refractivity contribution in [1.29, 1.82) is 0 Å². The van der Waals surface area contributed by atoms with Crippen LogP contribution < -0.4 is 10.1 Å². The van der Waals surface area contributed by atoms with Crippen LogP contribution in [0.4, 0.5) is 4.39 Å². The van der Waals surface area contributed by atoms with E-state index in [9.17, 15) is 9.18 Å². The molecule has 0 aliphatic rings. The fraction of sp³-hybridized carbons (Fsp3) is 0.333. The molecule has 21 heavy (non-hydrogen) atoms. The topological polar surface area (TPSA) is 64.4 Å². The van der Waals surface area contributed by atoms with Crippen molar-refractivity contribution in [3.8, 4) is 5.75 Å². The van der Waals surface area contributed by atoms with Gasteiger partial charge in [0.05, 0.1) is 5.69 Å². The van der Waals surface area contributed by atoms with Crippen molar-refractivity contribution >= 4 is 5.91 Å². The molecule has 0 unspecified atom stereocenters. The molecule has 1 amide bonds. The number of para-hydroxylation sites is 1. The molecule has 5 nitrogen and oxygen atoms in total. The van der Waals surface area contributed by atoms with Crippen LogP contribution in [0.15, 0.2) is 28.8 Å². The average molecular weight is 292 g/mol. The summed E-state index contributed by atoms with van der Waals surface area (Å²) < 4.78 is 23.5. The molecule has 1 N–H and O–H groups in total. The molecule has 0 spiro atoms. The van der Waals surface area contributed by atoms with Crippen LogP contribution in [-0.4, -0.2) is 24.2 Å². The number of hydrogen-bond acceptors (Lipinski definition) is 4. The number of ether oxygens (including phenoxy) is 1. The van der Waals surface area contributed by atoms with Gasteiger partial charge in [0.2, 0.25) is 0 Å². The molecule has 1 aromatic heterocycles. The summed E-state index contributed by atoms with van der Waals surface area (Å²) in [5.41, 5.74) is 1.81. The highest BCUT2D eigenvalue weighted by Gasteiger charge is 2.10. The number of halogens is 1. The van der Waals surface area contributed by atoms with Gasteiger partial charge in [0.15, 0.2) is 18.2 Å². The van der Waals surface area contributed by atoms with Crippen LogP contribution in [0.25, 0.3) is 0 Å². The van der Waals surface area contributed by atoms with Crippen LogP contribution >= 0.6 is 0 Å². The molecule has 2 rings (SSSR count). The fourth-order valence-electron chi connectivity index (χ4n) is 1.94. The zero-order chi connectivity index (χ0) is 15.2. The first-order valence-electron chi connectivity index (χ1n) is 6.63. The minimum absolute atomic E-state index is 0.0679. The van der Waals surface area contributed by atoms with E-state index < -0.39 is 5.82 Å². The average Bonchev–Trinajstić information content (AvgIpc) is 2.78. The van der Waals surface area contributed by atoms with Crippen molar-refractivity contribution in [2.24, 2.45) is 0 Å². The smallest absolute Gasteiger partial charge is 0.257 e. The van der Waals surface area contributed by atoms with Crippen molar-refractivity contribution in [3.05, 3.63) is 47.1 Å². The molecule has 1 aromatic carbocycles. The number of nitrogens with one attached hydrogen (secondary N) is 1. The van der Waals surface area contributed by atoms with Crippen molar-refractivity contribution in [3.63, 3.8) is 0 Å². The van der Waals surface area contributed by atoms with Crippen LogP contribution in [0.3, 0.4) is 0 Å². The second-order valence-electron chi connectivity index (χ2n) is 4.62. The van der Waals surface area contributed by atoms with Crippen molar-refractivity contribution in [2.75, 3.05) is 13.2 Å². The molecular weight excluding hydrogens is 275 g/mol. The predicted molar refractivity (Wildman–Crippen MR) is 74.6 cm³/mol. The molecule has 0 saturated heterocycles. The zero-order valence-corrected chi connectivity index (χ0v) is 12.0. The second kappa shape index (κ2) is 6.88. The first-order chi connectivity index (χ1) is 10.1. The van der Waals surface area contributed by atoms with E-state index in [1.807, 2.05) is 13.8 Å². The molecule has 6 heteroatoms. The molecule has 2 aromatic rings. The van der Waals surface area contributed by atoms with Gasteiger partial charge in [-0.15, -0.1) is 0 Å². The van der Waals surface area contributed by atoms with Gasteiger partial charge < -0.3 is 14.6 Å². The Hall–Kier alpha value is -2.37. The van der Waals surface area contributed by atoms with Gasteiger partial charge in [-0.1, -0.05) is 17.3 Å². The van der Waals surface area contributed by atoms with Crippen LogP contribution in [0.2, 0.25) is 0 Å². The van der Waals surface area contributed by atoms with E-state index in [0.29, 0.717) is 13.0 Å². The highest BCUT2D eigenvalue weighted by Crippen LogP contribution is 2.15. The monoisotopic (exact) mass is 292 g/mol. The summed E-state index contributed by atoms with van der Waals surface area (Å²) in [6.07, 6.45) is 0.632. The summed E-state index contributed by atoms with van der Waals surface area (Å²) >= 11 is 0. The Morgan fingerprint density at radius 1 is 1.38 bits per heavy atom. The number of carbonyl (C=O) groups is 1. The van der Waals surface area contributed by atoms with E-state index in [4.69, 9.17) is 9.26 Å². The van der Waals surface area contributed by atoms with Gasteiger partial charge in [0, 0.05) is 12.1 Å². The Morgan fingerprint density at radius 2 is 2.14 bits per heavy atom. The Kier molecular flexibility index (Phi) is 4.92. The molecule has 0 atom stereocenters. The van der Waals surface area contributed by atoms with E-state index in [0.717, 1.165) is 17.0 Å². The third kappa shape index (κ3) is 4.05. The largest absolute Gasteiger partial charge is 0.481 e. The molecule has 0 fully saturated rings. The SMILES string of the molecule is Cc1noc(C)c1CCNC(=O)COc1ccccc1F. The maximum Gasteiger partial charge on any atom is 0.257 e. The molecule has 0 saturated carbocycles. The lowest BCUT2D eigenvalue weighted by molar-refractivity contribution is -0.123. The number of aryl methyl sites for hydroxylation is 2. The first-order valence-corrected chi connectivity index (χ1v) is 6.63. The third-order valence-corrected chi connectivity index (χ3v) is 3.07. The summed E-state index contributed by atoms with van der Waals surface area (Å²) in [6.45, 7) is 3.91. The van der Waals surface area contributed by atoms with Crippen molar-refractivity contribution in [2.45, 2.75) is 20.3 Å². The molecule has 0 bridgehead atoms. The summed E-state index contributed by atoms with van der Waals surface area (Å²) in [7, 11) is 0. The number of aromatic nitrogens is 1. The number of carbonyl (C=O) groups excluding carboxylic acids is 1. The minimum atomic E-state index is -0.485. The Morgan fingerprint density at radius 3 is 2.81 bits per heavy atom. The summed E-state index contributed by atoms with van der Waals surface area (Å²) in [5, 5.41) is 6.55. The van der Waals surface area contributed by atoms with Crippen LogP contribution in [0, 0.1) is 19.7 Å². The van der Waals surface area contributed by atoms with Crippen molar-refractivity contribution < 1.29 is 18.4 Å². The van der Waals surface area contributed by atoms with Gasteiger partial charge >= 0.3 is 0 Å². The number of hydrogen-bond donors (Lipinski definition) is 1. The van der Waals surface area contributed by atoms with Crippen LogP contribution in [-0.2, 0) is 11.2 Å². The van der Waals surface area contributed by atoms with Gasteiger partial charge in [-0.05, 0) is 32.4 Å². The predicted octanol–water partition coefficient (Wildman–Crippen LogP) is 2.17. The molecule has 0 aliphatic carbocycles. The third-order valence-electron chi connectivity index (χ3n) is 3.07. The molecule has 0 aliphatic heterocycles. The first kappa shape index (κ1) is 15.0. The van der Waals surface area contributed by atoms with E-state index in [1.54, 1.807) is 12.1 Å². The zero-order valence-electron chi connectivity index (χ0n) is 12.0. The maximum absolute atomic E-state index is 13.3. The number of nitrogens with zero attached hydrogens (tertiary/aromatic N) is 1. The van der Waals surface area contributed by atoms with Crippen LogP contribution in [0.1, 0.15) is 17.0 Å². The number of rotatable bonds is 6. The van der Waals surface area contributed by atoms with Gasteiger partial charge in [0.25, 0.3) is 5.91 Å². The lowest BCUT2D eigenvalue weighted by Crippen LogP contribution is -2.30. The quantitative estimate of drug-likeness (QED) is 0.886. The Labute approximate surface area is 122 Å². The Balaban J connectivity index is 1.74. The highest BCUT2D eigenvalue weighted by atomic mass is 19.1. The van der Waals surface area contributed by atoms with Gasteiger partial charge in [-0.25, -0.2) is 4.39 Å². The minimum Gasteiger partial charge on any atom is -0.481 e. The second-order valence-corrected chi connectivity index (χ2v) is 4.62. The highest BCUT2D eigenvalue weighted by molar-refractivity contribution is 5.77. The lowest BCUT2D eigenvalue weighted by Gasteiger charge is -2.08. The van der Waals surface area contributed by atoms with Gasteiger partial charge in [-0.2, -0.15) is 0 Å². The molecule has 0 radical (unpaired) electrons. The molecule has 1 heterocycles. The van der Waals surface area contributed by atoms with Gasteiger partial charge in [0.1, 0.15) is 5.76 Å². The fourth-order valence-corrected chi connectivity index (χ4v) is 1.94. The normalized spacial score (nSPS) is 10.4. The Bertz CT molecular complexity index is 606. The van der Waals surface area contributed by atoms with Gasteiger partial charge in [-0.3, -0.25) is 4.79 Å². The summed E-state index contributed by atoms with van der Waals surface area (Å²) in [4.78, 5) is 11.6. The van der Waals surface area contributed by atoms with E-state index in [-0.39, 0.29) is 18.3 Å². The van der Waals surface area contributed by atoms with Crippen LogP contribution in [0.5, 0.6) is 5.75 Å². The number of amides is 1. The molecular formula is C15H17FN2O3. The lowest BCUT2D eigenvalue weighted by atomic mass is 10.1. The van der Waals surface area contributed by atoms with E-state index in [2.05, 4.69) is 10.5 Å². The van der Waals surface area contributed by atoms with E-state index >= 15 is 0 Å². The standard InChI is InChI=1S/C15H17FN2O3/c1-10-12(11(2)21-18-10)7-8-17-15(19)9-20-14-6-4-3-5-13(14)16/h3-6H,7-9H2,1-2H3,(H,17,19). The van der Waals surface area contributed by atoms with E-state index in [1.165, 1.54) is 12.1 Å². The molecule has 112 valence electrons.